The van der Waals surface area contributed by atoms with Crippen molar-refractivity contribution in [2.75, 3.05) is 0 Å². The SMILES string of the molecule is O=S(=O)(I)Oc1ccccc1.[H-].[Na+]. The Kier molecular flexibility index (Phi) is 5.75. The smallest absolute Gasteiger partial charge is 1.00 e. The molecule has 12 heavy (non-hydrogen) atoms. The van der Waals surface area contributed by atoms with Crippen molar-refractivity contribution in [3.8, 4) is 5.75 Å². The van der Waals surface area contributed by atoms with E-state index in [0.717, 1.165) is 0 Å². The molecule has 0 aliphatic heterocycles. The third-order valence-electron chi connectivity index (χ3n) is 0.939. The van der Waals surface area contributed by atoms with Gasteiger partial charge in [-0.3, -0.25) is 0 Å². The van der Waals surface area contributed by atoms with Gasteiger partial charge in [-0.1, -0.05) is 18.2 Å². The number of rotatable bonds is 2. The van der Waals surface area contributed by atoms with Crippen LogP contribution in [0.2, 0.25) is 0 Å². The van der Waals surface area contributed by atoms with Crippen molar-refractivity contribution in [3.63, 3.8) is 0 Å². The first-order valence-electron chi connectivity index (χ1n) is 2.77. The number of hydrogen-bond acceptors (Lipinski definition) is 3. The van der Waals surface area contributed by atoms with E-state index in [1.54, 1.807) is 30.3 Å². The molecule has 3 nitrogen and oxygen atoms in total. The van der Waals surface area contributed by atoms with Crippen LogP contribution in [-0.2, 0) is 7.29 Å². The normalized spacial score (nSPS) is 10.1. The monoisotopic (exact) mass is 308 g/mol. The van der Waals surface area contributed by atoms with Crippen molar-refractivity contribution in [2.45, 2.75) is 0 Å². The summed E-state index contributed by atoms with van der Waals surface area (Å²) in [5, 5.41) is 0. The quantitative estimate of drug-likeness (QED) is 0.394. The van der Waals surface area contributed by atoms with Crippen molar-refractivity contribution < 1.29 is 43.6 Å². The summed E-state index contributed by atoms with van der Waals surface area (Å²) in [6, 6.07) is 8.35. The van der Waals surface area contributed by atoms with Crippen LogP contribution in [0.5, 0.6) is 5.75 Å². The molecule has 0 bridgehead atoms. The van der Waals surface area contributed by atoms with Gasteiger partial charge in [0.2, 0.25) is 0 Å². The third-order valence-corrected chi connectivity index (χ3v) is 1.87. The molecule has 1 aromatic rings. The number of halogens is 1. The topological polar surface area (TPSA) is 43.4 Å². The minimum Gasteiger partial charge on any atom is -1.00 e. The molecule has 0 unspecified atom stereocenters. The average Bonchev–Trinajstić information content (AvgIpc) is 1.85. The maximum Gasteiger partial charge on any atom is 1.00 e. The molecule has 0 saturated carbocycles. The van der Waals surface area contributed by atoms with E-state index in [4.69, 9.17) is 0 Å². The largest absolute Gasteiger partial charge is 1.00 e. The van der Waals surface area contributed by atoms with Gasteiger partial charge >= 0.3 is 36.8 Å². The third kappa shape index (κ3) is 5.36. The zero-order chi connectivity index (χ0) is 8.32. The summed E-state index contributed by atoms with van der Waals surface area (Å²) >= 11 is 1.23. The number of hydrogen-bond donors (Lipinski definition) is 0. The van der Waals surface area contributed by atoms with E-state index in [1.165, 1.54) is 21.2 Å². The Balaban J connectivity index is 0. The second-order valence-electron chi connectivity index (χ2n) is 1.79. The molecule has 0 aliphatic carbocycles. The first kappa shape index (κ1) is 12.7. The van der Waals surface area contributed by atoms with Gasteiger partial charge in [-0.05, 0) is 12.1 Å². The van der Waals surface area contributed by atoms with Crippen molar-refractivity contribution in [1.29, 1.82) is 0 Å². The Labute approximate surface area is 107 Å². The fourth-order valence-electron chi connectivity index (χ4n) is 0.591. The summed E-state index contributed by atoms with van der Waals surface area (Å²) in [5.41, 5.74) is 0. The summed E-state index contributed by atoms with van der Waals surface area (Å²) in [6.07, 6.45) is 0. The van der Waals surface area contributed by atoms with E-state index in [-0.39, 0.29) is 31.0 Å². The van der Waals surface area contributed by atoms with Crippen LogP contribution in [0.1, 0.15) is 1.43 Å². The van der Waals surface area contributed by atoms with Gasteiger partial charge in [0, 0.05) is 0 Å². The standard InChI is InChI=1S/C6H5IO3S.Na.H/c7-11(8,9)10-6-4-2-1-3-5-6;;/h1-5H;;/q;+1;-1. The van der Waals surface area contributed by atoms with Crippen molar-refractivity contribution in [1.82, 2.24) is 0 Å². The maximum atomic E-state index is 10.6. The molecule has 0 heterocycles. The van der Waals surface area contributed by atoms with Gasteiger partial charge in [-0.15, -0.1) is 0 Å². The minimum atomic E-state index is -3.41. The van der Waals surface area contributed by atoms with Gasteiger partial charge in [-0.25, -0.2) is 0 Å². The van der Waals surface area contributed by atoms with Crippen LogP contribution in [-0.4, -0.2) is 8.42 Å². The molecule has 62 valence electrons. The predicted octanol–water partition coefficient (Wildman–Crippen LogP) is -1.14. The van der Waals surface area contributed by atoms with Crippen LogP contribution in [0.15, 0.2) is 30.3 Å². The molecule has 6 heteroatoms. The summed E-state index contributed by atoms with van der Waals surface area (Å²) in [5.74, 6) is 0.335. The van der Waals surface area contributed by atoms with E-state index in [0.29, 0.717) is 5.75 Å². The van der Waals surface area contributed by atoms with E-state index >= 15 is 0 Å². The second kappa shape index (κ2) is 5.43. The van der Waals surface area contributed by atoms with Crippen LogP contribution in [0.3, 0.4) is 0 Å². The summed E-state index contributed by atoms with van der Waals surface area (Å²) in [4.78, 5) is 0. The molecule has 0 radical (unpaired) electrons. The minimum absolute atomic E-state index is 0. The zero-order valence-corrected chi connectivity index (χ0v) is 11.4. The Hall–Kier alpha value is 0.700. The van der Waals surface area contributed by atoms with E-state index in [9.17, 15) is 8.42 Å². The summed E-state index contributed by atoms with van der Waals surface area (Å²) in [6.45, 7) is 0. The van der Waals surface area contributed by atoms with Crippen LogP contribution < -0.4 is 33.7 Å². The first-order chi connectivity index (χ1) is 5.08. The van der Waals surface area contributed by atoms with Crippen LogP contribution in [0, 0.1) is 0 Å². The predicted molar refractivity (Wildman–Crippen MR) is 51.1 cm³/mol. The van der Waals surface area contributed by atoms with E-state index < -0.39 is 7.29 Å². The van der Waals surface area contributed by atoms with Crippen molar-refractivity contribution in [2.24, 2.45) is 0 Å². The van der Waals surface area contributed by atoms with Crippen LogP contribution in [0.4, 0.5) is 0 Å². The summed E-state index contributed by atoms with van der Waals surface area (Å²) < 4.78 is 25.7. The first-order valence-corrected chi connectivity index (χ1v) is 6.72. The Bertz CT molecular complexity index is 329. The molecule has 0 fully saturated rings. The second-order valence-corrected chi connectivity index (χ2v) is 5.98. The maximum absolute atomic E-state index is 10.6. The van der Waals surface area contributed by atoms with Crippen LogP contribution in [0.25, 0.3) is 0 Å². The molecule has 0 aliphatic rings. The Morgan fingerprint density at radius 2 is 1.75 bits per heavy atom. The molecule has 1 aromatic carbocycles. The zero-order valence-electron chi connectivity index (χ0n) is 7.40. The fraction of sp³-hybridized carbons (Fsp3) is 0. The van der Waals surface area contributed by atoms with E-state index in [2.05, 4.69) is 4.18 Å². The van der Waals surface area contributed by atoms with Gasteiger partial charge in [-0.2, -0.15) is 8.42 Å². The van der Waals surface area contributed by atoms with Gasteiger partial charge in [0.15, 0.2) is 0 Å². The van der Waals surface area contributed by atoms with Crippen molar-refractivity contribution >= 4 is 28.5 Å². The molecule has 0 N–H and O–H groups in total. The molecular formula is C6H6INaO3S. The number of para-hydroxylation sites is 1. The molecule has 0 atom stereocenters. The molecule has 1 rings (SSSR count). The number of benzene rings is 1. The molecule has 0 saturated heterocycles. The van der Waals surface area contributed by atoms with Crippen LogP contribution >= 0.6 is 21.2 Å². The molecule has 0 aromatic heterocycles. The van der Waals surface area contributed by atoms with Gasteiger partial charge in [0.25, 0.3) is 0 Å². The molecule has 0 amide bonds. The fourth-order valence-corrected chi connectivity index (χ4v) is 1.55. The van der Waals surface area contributed by atoms with Gasteiger partial charge < -0.3 is 5.61 Å². The Morgan fingerprint density at radius 1 is 1.25 bits per heavy atom. The Morgan fingerprint density at radius 3 is 2.17 bits per heavy atom. The molecule has 0 spiro atoms. The van der Waals surface area contributed by atoms with Crippen molar-refractivity contribution in [3.05, 3.63) is 30.3 Å². The van der Waals surface area contributed by atoms with Gasteiger partial charge in [0.05, 0.1) is 0 Å². The molecular weight excluding hydrogens is 302 g/mol. The summed E-state index contributed by atoms with van der Waals surface area (Å²) in [7, 11) is -3.41. The average molecular weight is 308 g/mol. The van der Waals surface area contributed by atoms with Gasteiger partial charge in [0.1, 0.15) is 27.0 Å². The van der Waals surface area contributed by atoms with E-state index in [1.807, 2.05) is 0 Å².